The fourth-order valence-electron chi connectivity index (χ4n) is 1.68. The summed E-state index contributed by atoms with van der Waals surface area (Å²) in [5, 5.41) is 0. The average Bonchev–Trinajstić information content (AvgIpc) is 2.47. The molecule has 2 nitrogen and oxygen atoms in total. The molecule has 2 heteroatoms. The highest BCUT2D eigenvalue weighted by Crippen LogP contribution is 2.26. The Bertz CT molecular complexity index is 288. The van der Waals surface area contributed by atoms with Crippen molar-refractivity contribution >= 4 is 5.91 Å². The van der Waals surface area contributed by atoms with E-state index in [2.05, 4.69) is 18.2 Å². The largest absolute Gasteiger partial charge is 0.312 e. The number of hydrogen-bond acceptors (Lipinski definition) is 1. The lowest BCUT2D eigenvalue weighted by atomic mass is 9.97. The van der Waals surface area contributed by atoms with Gasteiger partial charge in [-0.15, -0.1) is 0 Å². The summed E-state index contributed by atoms with van der Waals surface area (Å²) >= 11 is 0. The van der Waals surface area contributed by atoms with Crippen LogP contribution in [0.5, 0.6) is 0 Å². The molecule has 2 rings (SSSR count). The summed E-state index contributed by atoms with van der Waals surface area (Å²) in [7, 11) is 0. The molecular formula is C10H11NO. The smallest absolute Gasteiger partial charge is 0.223 e. The Morgan fingerprint density at radius 1 is 1.25 bits per heavy atom. The molecule has 1 amide bonds. The van der Waals surface area contributed by atoms with Crippen molar-refractivity contribution in [1.82, 2.24) is 4.90 Å². The second-order valence-electron chi connectivity index (χ2n) is 3.11. The molecule has 0 radical (unpaired) electrons. The van der Waals surface area contributed by atoms with Gasteiger partial charge in [-0.05, 0) is 0 Å². The van der Waals surface area contributed by atoms with Gasteiger partial charge in [0.05, 0.1) is 6.04 Å². The molecule has 0 bridgehead atoms. The first-order valence-corrected chi connectivity index (χ1v) is 4.11. The second-order valence-corrected chi connectivity index (χ2v) is 3.11. The van der Waals surface area contributed by atoms with Crippen LogP contribution < -0.4 is 0 Å². The zero-order chi connectivity index (χ0) is 8.55. The Labute approximate surface area is 71.9 Å². The number of allylic oxidation sites excluding steroid dienone is 2. The number of fused-ring (bicyclic) bond motifs is 1. The van der Waals surface area contributed by atoms with E-state index in [4.69, 9.17) is 0 Å². The van der Waals surface area contributed by atoms with E-state index in [0.717, 1.165) is 0 Å². The first-order valence-electron chi connectivity index (χ1n) is 4.11. The van der Waals surface area contributed by atoms with Crippen molar-refractivity contribution in [2.75, 3.05) is 0 Å². The maximum atomic E-state index is 11.1. The number of nitrogens with zero attached hydrogens (tertiary/aromatic N) is 1. The summed E-state index contributed by atoms with van der Waals surface area (Å²) in [5.41, 5.74) is 0. The molecule has 0 unspecified atom stereocenters. The van der Waals surface area contributed by atoms with E-state index in [0.29, 0.717) is 5.92 Å². The van der Waals surface area contributed by atoms with Crippen LogP contribution in [0.4, 0.5) is 0 Å². The number of carbonyl (C=O) groups is 1. The quantitative estimate of drug-likeness (QED) is 0.527. The molecule has 0 fully saturated rings. The van der Waals surface area contributed by atoms with Crippen LogP contribution in [-0.4, -0.2) is 16.8 Å². The molecule has 0 N–H and O–H groups in total. The topological polar surface area (TPSA) is 20.3 Å². The number of hydrogen-bond donors (Lipinski definition) is 0. The average molecular weight is 161 g/mol. The third kappa shape index (κ3) is 0.998. The molecule has 2 aliphatic rings. The molecule has 0 spiro atoms. The van der Waals surface area contributed by atoms with Crippen molar-refractivity contribution in [2.24, 2.45) is 5.92 Å². The van der Waals surface area contributed by atoms with Gasteiger partial charge in [-0.2, -0.15) is 0 Å². The van der Waals surface area contributed by atoms with Gasteiger partial charge in [0, 0.05) is 19.0 Å². The van der Waals surface area contributed by atoms with Crippen molar-refractivity contribution < 1.29 is 4.79 Å². The van der Waals surface area contributed by atoms with Gasteiger partial charge < -0.3 is 4.90 Å². The lowest BCUT2D eigenvalue weighted by Gasteiger charge is -2.24. The summed E-state index contributed by atoms with van der Waals surface area (Å²) in [6.45, 7) is 1.60. The Morgan fingerprint density at radius 2 is 2.00 bits per heavy atom. The minimum absolute atomic E-state index is 0.110. The molecule has 0 aromatic rings. The summed E-state index contributed by atoms with van der Waals surface area (Å²) in [5.74, 6) is 0.498. The van der Waals surface area contributed by atoms with Crippen LogP contribution in [0.1, 0.15) is 6.92 Å². The Morgan fingerprint density at radius 3 is 2.75 bits per heavy atom. The van der Waals surface area contributed by atoms with Gasteiger partial charge in [-0.1, -0.05) is 30.4 Å². The minimum Gasteiger partial charge on any atom is -0.312 e. The molecule has 0 aromatic heterocycles. The van der Waals surface area contributed by atoms with Gasteiger partial charge in [-0.3, -0.25) is 4.79 Å². The molecule has 0 saturated heterocycles. The summed E-state index contributed by atoms with van der Waals surface area (Å²) in [6, 6.07) is 0.229. The highest BCUT2D eigenvalue weighted by atomic mass is 16.2. The number of rotatable bonds is 0. The summed E-state index contributed by atoms with van der Waals surface area (Å²) in [4.78, 5) is 12.9. The minimum atomic E-state index is 0.110. The van der Waals surface area contributed by atoms with E-state index in [1.165, 1.54) is 0 Å². The van der Waals surface area contributed by atoms with Gasteiger partial charge in [0.25, 0.3) is 0 Å². The fraction of sp³-hybridized carbons (Fsp3) is 0.300. The van der Waals surface area contributed by atoms with E-state index in [1.54, 1.807) is 11.8 Å². The predicted molar refractivity (Wildman–Crippen MR) is 47.2 cm³/mol. The maximum Gasteiger partial charge on any atom is 0.223 e. The van der Waals surface area contributed by atoms with Crippen LogP contribution >= 0.6 is 0 Å². The first kappa shape index (κ1) is 7.35. The normalized spacial score (nSPS) is 30.9. The van der Waals surface area contributed by atoms with Crippen LogP contribution in [0.15, 0.2) is 36.6 Å². The molecule has 0 saturated carbocycles. The van der Waals surface area contributed by atoms with Gasteiger partial charge in [0.2, 0.25) is 5.91 Å². The monoisotopic (exact) mass is 161 g/mol. The molecule has 0 aromatic carbocycles. The van der Waals surface area contributed by atoms with Crippen molar-refractivity contribution in [3.8, 4) is 0 Å². The number of amides is 1. The van der Waals surface area contributed by atoms with Crippen LogP contribution in [0.25, 0.3) is 0 Å². The fourth-order valence-corrected chi connectivity index (χ4v) is 1.68. The van der Waals surface area contributed by atoms with Crippen molar-refractivity contribution in [1.29, 1.82) is 0 Å². The maximum absolute atomic E-state index is 11.1. The van der Waals surface area contributed by atoms with Crippen LogP contribution in [0, 0.1) is 5.92 Å². The zero-order valence-electron chi connectivity index (χ0n) is 6.97. The highest BCUT2D eigenvalue weighted by molar-refractivity contribution is 5.76. The van der Waals surface area contributed by atoms with Gasteiger partial charge >= 0.3 is 0 Å². The van der Waals surface area contributed by atoms with Gasteiger partial charge in [-0.25, -0.2) is 0 Å². The number of carbonyl (C=O) groups excluding carboxylic acids is 1. The molecule has 12 heavy (non-hydrogen) atoms. The standard InChI is InChI=1S/C10H11NO/c1-8(12)11-7-6-9-4-2-3-5-10(9)11/h2-7,9-10H,1H3/t9-,10-/m1/s1. The van der Waals surface area contributed by atoms with Crippen LogP contribution in [0.3, 0.4) is 0 Å². The summed E-state index contributed by atoms with van der Waals surface area (Å²) < 4.78 is 0. The van der Waals surface area contributed by atoms with E-state index in [1.807, 2.05) is 18.4 Å². The van der Waals surface area contributed by atoms with Gasteiger partial charge in [0.15, 0.2) is 0 Å². The Balaban J connectivity index is 2.24. The highest BCUT2D eigenvalue weighted by Gasteiger charge is 2.28. The SMILES string of the molecule is CC(=O)N1C=C[C@H]2C=CC=C[C@H]21. The summed E-state index contributed by atoms with van der Waals surface area (Å²) in [6.07, 6.45) is 12.1. The van der Waals surface area contributed by atoms with Crippen LogP contribution in [0.2, 0.25) is 0 Å². The zero-order valence-corrected chi connectivity index (χ0v) is 6.97. The molecule has 62 valence electrons. The molecule has 1 heterocycles. The van der Waals surface area contributed by atoms with E-state index >= 15 is 0 Å². The van der Waals surface area contributed by atoms with Crippen molar-refractivity contribution in [2.45, 2.75) is 13.0 Å². The molecular weight excluding hydrogens is 150 g/mol. The Hall–Kier alpha value is -1.31. The lowest BCUT2D eigenvalue weighted by Crippen LogP contribution is -2.33. The third-order valence-electron chi connectivity index (χ3n) is 2.30. The molecule has 2 atom stereocenters. The van der Waals surface area contributed by atoms with Crippen molar-refractivity contribution in [3.63, 3.8) is 0 Å². The molecule has 1 aliphatic carbocycles. The van der Waals surface area contributed by atoms with Gasteiger partial charge in [0.1, 0.15) is 0 Å². The van der Waals surface area contributed by atoms with E-state index in [-0.39, 0.29) is 11.9 Å². The van der Waals surface area contributed by atoms with E-state index < -0.39 is 0 Å². The molecule has 1 aliphatic heterocycles. The Kier molecular flexibility index (Phi) is 1.61. The third-order valence-corrected chi connectivity index (χ3v) is 2.30. The lowest BCUT2D eigenvalue weighted by molar-refractivity contribution is -0.127. The predicted octanol–water partition coefficient (Wildman–Crippen LogP) is 1.47. The van der Waals surface area contributed by atoms with Crippen LogP contribution in [-0.2, 0) is 4.79 Å². The van der Waals surface area contributed by atoms with Crippen molar-refractivity contribution in [3.05, 3.63) is 36.6 Å². The second kappa shape index (κ2) is 2.63. The van der Waals surface area contributed by atoms with E-state index in [9.17, 15) is 4.79 Å². The first-order chi connectivity index (χ1) is 5.79.